The second kappa shape index (κ2) is 12.3. The summed E-state index contributed by atoms with van der Waals surface area (Å²) < 4.78 is 41.5. The highest BCUT2D eigenvalue weighted by molar-refractivity contribution is 7.47. The average molecular weight is 605 g/mol. The van der Waals surface area contributed by atoms with Crippen LogP contribution in [0, 0.1) is 6.92 Å². The number of nitrogens with one attached hydrogen (secondary N) is 1. The van der Waals surface area contributed by atoms with Crippen LogP contribution in [-0.2, 0) is 32.6 Å². The van der Waals surface area contributed by atoms with Gasteiger partial charge in [0.2, 0.25) is 0 Å². The van der Waals surface area contributed by atoms with Crippen molar-refractivity contribution < 1.29 is 52.8 Å². The highest BCUT2D eigenvalue weighted by Gasteiger charge is 2.51. The number of aromatic nitrogens is 4. The summed E-state index contributed by atoms with van der Waals surface area (Å²) >= 11 is 0. The first-order valence-corrected chi connectivity index (χ1v) is 13.5. The van der Waals surface area contributed by atoms with Crippen molar-refractivity contribution in [2.24, 2.45) is 0 Å². The molecule has 0 radical (unpaired) electrons. The summed E-state index contributed by atoms with van der Waals surface area (Å²) in [6.45, 7) is -0.968. The van der Waals surface area contributed by atoms with Gasteiger partial charge in [0.05, 0.1) is 19.3 Å². The molecule has 20 heteroatoms. The number of aryl methyl sites for hydroxylation is 1. The Morgan fingerprint density at radius 3 is 2.63 bits per heavy atom. The van der Waals surface area contributed by atoms with Gasteiger partial charge in [-0.1, -0.05) is 0 Å². The number of anilines is 1. The topological polar surface area (TPSA) is 277 Å². The van der Waals surface area contributed by atoms with Crippen LogP contribution < -0.4 is 22.7 Å². The Kier molecular flexibility index (Phi) is 9.22. The van der Waals surface area contributed by atoms with Crippen LogP contribution in [0.3, 0.4) is 0 Å². The number of H-pyrrole nitrogens is 1. The van der Waals surface area contributed by atoms with Gasteiger partial charge >= 0.3 is 25.2 Å². The predicted octanol–water partition coefficient (Wildman–Crippen LogP) is -2.81. The van der Waals surface area contributed by atoms with Crippen molar-refractivity contribution in [3.63, 3.8) is 0 Å². The number of nitrogen functional groups attached to an aromatic ring is 1. The van der Waals surface area contributed by atoms with Crippen LogP contribution in [0.25, 0.3) is 0 Å². The fraction of sp³-hybridized carbons (Fsp3) is 0.571. The lowest BCUT2D eigenvalue weighted by atomic mass is 10.1. The van der Waals surface area contributed by atoms with E-state index in [0.717, 1.165) is 9.13 Å². The molecule has 0 aromatic carbocycles. The molecule has 2 fully saturated rings. The van der Waals surface area contributed by atoms with E-state index in [9.17, 15) is 38.8 Å². The summed E-state index contributed by atoms with van der Waals surface area (Å²) in [5.41, 5.74) is 3.41. The molecule has 0 spiro atoms. The number of carboxylic acid groups (broad SMARTS) is 1. The van der Waals surface area contributed by atoms with Gasteiger partial charge in [0.25, 0.3) is 5.56 Å². The molecule has 2 aromatic rings. The van der Waals surface area contributed by atoms with E-state index in [2.05, 4.69) is 9.97 Å². The number of phosphoric ester groups is 1. The normalized spacial score (nSPS) is 29.4. The molecule has 226 valence electrons. The fourth-order valence-electron chi connectivity index (χ4n) is 4.36. The molecule has 2 aromatic heterocycles. The molecule has 2 aliphatic rings. The van der Waals surface area contributed by atoms with Gasteiger partial charge in [0.1, 0.15) is 43.1 Å². The highest BCUT2D eigenvalue weighted by Crippen LogP contribution is 2.49. The van der Waals surface area contributed by atoms with E-state index in [0.29, 0.717) is 0 Å². The van der Waals surface area contributed by atoms with Crippen LogP contribution >= 0.6 is 7.82 Å². The van der Waals surface area contributed by atoms with Crippen molar-refractivity contribution in [3.05, 3.63) is 55.3 Å². The zero-order valence-corrected chi connectivity index (χ0v) is 22.2. The van der Waals surface area contributed by atoms with Crippen molar-refractivity contribution in [1.29, 1.82) is 0 Å². The smallest absolute Gasteiger partial charge is 0.472 e. The maximum Gasteiger partial charge on any atom is 0.472 e. The first-order valence-electron chi connectivity index (χ1n) is 12.1. The van der Waals surface area contributed by atoms with Gasteiger partial charge in [-0.05, 0) is 13.0 Å². The van der Waals surface area contributed by atoms with E-state index in [1.54, 1.807) is 0 Å². The number of ether oxygens (including phenoxy) is 3. The molecule has 7 N–H and O–H groups in total. The quantitative estimate of drug-likeness (QED) is 0.141. The number of aromatic amines is 1. The Hall–Kier alpha value is -3.26. The maximum absolute atomic E-state index is 12.9. The molecule has 4 heterocycles. The fourth-order valence-corrected chi connectivity index (χ4v) is 5.32. The lowest BCUT2D eigenvalue weighted by molar-refractivity contribution is -0.149. The molecule has 4 rings (SSSR count). The van der Waals surface area contributed by atoms with E-state index in [1.165, 1.54) is 25.4 Å². The van der Waals surface area contributed by atoms with E-state index in [4.69, 9.17) is 34.1 Å². The Labute approximate surface area is 229 Å². The summed E-state index contributed by atoms with van der Waals surface area (Å²) in [4.78, 5) is 63.4. The minimum absolute atomic E-state index is 0.115. The molecule has 19 nitrogen and oxygen atoms in total. The van der Waals surface area contributed by atoms with Gasteiger partial charge in [0, 0.05) is 24.4 Å². The van der Waals surface area contributed by atoms with Crippen molar-refractivity contribution in [2.75, 3.05) is 25.6 Å². The lowest BCUT2D eigenvalue weighted by Crippen LogP contribution is -2.40. The van der Waals surface area contributed by atoms with Crippen LogP contribution in [0.2, 0.25) is 0 Å². The summed E-state index contributed by atoms with van der Waals surface area (Å²) in [6.07, 6.45) is -7.17. The minimum Gasteiger partial charge on any atom is -0.480 e. The molecular weight excluding hydrogens is 577 g/mol. The minimum atomic E-state index is -5.06. The number of nitrogens with zero attached hydrogens (tertiary/aromatic N) is 3. The van der Waals surface area contributed by atoms with Gasteiger partial charge in [-0.25, -0.2) is 18.9 Å². The number of hydrogen-bond donors (Lipinski definition) is 6. The van der Waals surface area contributed by atoms with Crippen LogP contribution in [0.5, 0.6) is 0 Å². The maximum atomic E-state index is 12.9. The summed E-state index contributed by atoms with van der Waals surface area (Å²) in [6, 6.07) is 1.24. The molecule has 2 aliphatic heterocycles. The third-order valence-corrected chi connectivity index (χ3v) is 7.29. The number of rotatable bonds is 11. The second-order valence-corrected chi connectivity index (χ2v) is 10.6. The largest absolute Gasteiger partial charge is 0.480 e. The predicted molar refractivity (Wildman–Crippen MR) is 133 cm³/mol. The monoisotopic (exact) mass is 605 g/mol. The van der Waals surface area contributed by atoms with E-state index in [-0.39, 0.29) is 17.8 Å². The Morgan fingerprint density at radius 1 is 1.24 bits per heavy atom. The van der Waals surface area contributed by atoms with E-state index < -0.39 is 93.5 Å². The Balaban J connectivity index is 1.48. The number of phosphoric acid groups is 1. The van der Waals surface area contributed by atoms with E-state index in [1.807, 2.05) is 0 Å². The second-order valence-electron chi connectivity index (χ2n) is 9.20. The summed E-state index contributed by atoms with van der Waals surface area (Å²) in [5.74, 6) is -1.54. The number of carboxylic acids is 1. The van der Waals surface area contributed by atoms with Crippen molar-refractivity contribution in [3.8, 4) is 0 Å². The molecule has 41 heavy (non-hydrogen) atoms. The molecule has 8 atom stereocenters. The molecule has 0 aliphatic carbocycles. The molecule has 0 amide bonds. The third kappa shape index (κ3) is 6.97. The van der Waals surface area contributed by atoms with Crippen LogP contribution in [0.4, 0.5) is 5.82 Å². The Bertz CT molecular complexity index is 1490. The zero-order valence-electron chi connectivity index (χ0n) is 21.3. The van der Waals surface area contributed by atoms with Crippen LogP contribution in [0.1, 0.15) is 24.4 Å². The van der Waals surface area contributed by atoms with Crippen molar-refractivity contribution in [1.82, 2.24) is 19.1 Å². The molecule has 0 saturated carbocycles. The SMILES string of the molecule is Cc1cn([C@H]2C[C@H](O)[C@@H](COP(=O)(O)O[C@H]3[C@@H](OCC(=O)O)[C@H](n4ccc(N)nc4=O)O[C@@H]3CO)O2)c(=O)[nH]c1=O. The molecular formula is C21H28N5O14P. The highest BCUT2D eigenvalue weighted by atomic mass is 31.2. The summed E-state index contributed by atoms with van der Waals surface area (Å²) in [5, 5.41) is 29.3. The van der Waals surface area contributed by atoms with Gasteiger partial charge in [-0.3, -0.25) is 28.0 Å². The molecule has 1 unspecified atom stereocenters. The number of nitrogens with two attached hydrogens (primary N) is 1. The summed E-state index contributed by atoms with van der Waals surface area (Å²) in [7, 11) is -5.06. The number of hydrogen-bond acceptors (Lipinski definition) is 14. The van der Waals surface area contributed by atoms with Crippen molar-refractivity contribution in [2.45, 2.75) is 56.3 Å². The molecule has 0 bridgehead atoms. The zero-order chi connectivity index (χ0) is 30.1. The van der Waals surface area contributed by atoms with E-state index >= 15 is 0 Å². The number of carbonyl (C=O) groups is 1. The standard InChI is InChI=1S/C21H28N5O14P/c1-9-5-26(21(33)24-18(9)31)14-4-10(28)12(38-14)7-37-41(34,35)40-16-11(6-27)39-19(17(16)36-8-15(29)30)25-3-2-13(22)23-20(25)32/h2-3,5,10-12,14,16-17,19,27-28H,4,6-8H2,1H3,(H,29,30)(H,34,35)(H2,22,23,32)(H,24,31,33)/t10-,11+,12+,14+,16+,17+,19+/m0/s1. The van der Waals surface area contributed by atoms with Crippen LogP contribution in [0.15, 0.2) is 32.8 Å². The third-order valence-electron chi connectivity index (χ3n) is 6.31. The van der Waals surface area contributed by atoms with Gasteiger partial charge in [-0.15, -0.1) is 0 Å². The Morgan fingerprint density at radius 2 is 1.98 bits per heavy atom. The number of aliphatic carboxylic acids is 1. The first kappa shape index (κ1) is 30.7. The average Bonchev–Trinajstić information content (AvgIpc) is 3.42. The van der Waals surface area contributed by atoms with Gasteiger partial charge in [-0.2, -0.15) is 4.98 Å². The lowest BCUT2D eigenvalue weighted by Gasteiger charge is -2.26. The first-order chi connectivity index (χ1) is 19.3. The van der Waals surface area contributed by atoms with Gasteiger partial charge < -0.3 is 40.2 Å². The number of aliphatic hydroxyl groups excluding tert-OH is 2. The van der Waals surface area contributed by atoms with Crippen molar-refractivity contribution >= 4 is 19.6 Å². The van der Waals surface area contributed by atoms with Gasteiger partial charge in [0.15, 0.2) is 6.23 Å². The number of aliphatic hydroxyl groups is 2. The van der Waals surface area contributed by atoms with Crippen LogP contribution in [-0.4, -0.2) is 95.6 Å². The molecule has 2 saturated heterocycles.